The molecule has 0 spiro atoms. The number of nitrogens with zero attached hydrogens (tertiary/aromatic N) is 5. The molecule has 2 aromatic heterocycles. The van der Waals surface area contributed by atoms with E-state index >= 15 is 0 Å². The second-order valence-electron chi connectivity index (χ2n) is 8.03. The summed E-state index contributed by atoms with van der Waals surface area (Å²) in [6.07, 6.45) is 4.97. The highest BCUT2D eigenvalue weighted by Gasteiger charge is 2.43. The first-order valence-electron chi connectivity index (χ1n) is 10.1. The molecule has 9 heteroatoms. The molecule has 30 heavy (non-hydrogen) atoms. The summed E-state index contributed by atoms with van der Waals surface area (Å²) in [6, 6.07) is 5.20. The van der Waals surface area contributed by atoms with Gasteiger partial charge in [-0.2, -0.15) is 4.98 Å². The molecule has 156 valence electrons. The maximum absolute atomic E-state index is 14.8. The molecule has 4 heterocycles. The van der Waals surface area contributed by atoms with Gasteiger partial charge in [0, 0.05) is 37.2 Å². The van der Waals surface area contributed by atoms with E-state index in [1.165, 1.54) is 0 Å². The average Bonchev–Trinajstić information content (AvgIpc) is 3.37. The van der Waals surface area contributed by atoms with Crippen LogP contribution in [0.3, 0.4) is 0 Å². The number of aromatic hydroxyl groups is 1. The number of piperidine rings is 1. The third-order valence-corrected chi connectivity index (χ3v) is 6.11. The number of aryl methyl sites for hydroxylation is 1. The molecule has 2 N–H and O–H groups in total. The van der Waals surface area contributed by atoms with Gasteiger partial charge in [-0.05, 0) is 31.4 Å². The highest BCUT2D eigenvalue weighted by molar-refractivity contribution is 5.71. The number of aromatic nitrogens is 4. The first kappa shape index (κ1) is 18.9. The predicted molar refractivity (Wildman–Crippen MR) is 109 cm³/mol. The molecule has 3 aromatic rings. The summed E-state index contributed by atoms with van der Waals surface area (Å²) in [5.74, 6) is 1.53. The van der Waals surface area contributed by atoms with Crippen molar-refractivity contribution in [1.82, 2.24) is 25.4 Å². The van der Waals surface area contributed by atoms with Gasteiger partial charge >= 0.3 is 0 Å². The molecule has 2 aliphatic heterocycles. The summed E-state index contributed by atoms with van der Waals surface area (Å²) in [5, 5.41) is 17.7. The highest BCUT2D eigenvalue weighted by atomic mass is 19.1. The standard InChI is InChI=1S/C21H23FN6O2/c1-11-25-21(27-30-11)12-3-5-14(18(29)7-12)16-9-24-19(10-23-16)28(2)17-8-13-4-6-15(26-13)20(17)22/h3,5,7,9-10,13,15,17,20,26,29H,4,6,8H2,1-2H3/t13-,15+,17-,20+/m0/s1. The fraction of sp³-hybridized carbons (Fsp3) is 0.429. The minimum atomic E-state index is -0.930. The Labute approximate surface area is 173 Å². The third kappa shape index (κ3) is 3.28. The second-order valence-corrected chi connectivity index (χ2v) is 8.03. The van der Waals surface area contributed by atoms with Gasteiger partial charge in [-0.15, -0.1) is 0 Å². The lowest BCUT2D eigenvalue weighted by molar-refractivity contribution is 0.176. The van der Waals surface area contributed by atoms with Crippen LogP contribution in [0.15, 0.2) is 35.1 Å². The largest absolute Gasteiger partial charge is 0.507 e. The lowest BCUT2D eigenvalue weighted by Gasteiger charge is -2.38. The van der Waals surface area contributed by atoms with E-state index in [-0.39, 0.29) is 17.8 Å². The molecule has 5 rings (SSSR count). The molecule has 0 saturated carbocycles. The molecule has 0 aliphatic carbocycles. The molecule has 8 nitrogen and oxygen atoms in total. The van der Waals surface area contributed by atoms with Gasteiger partial charge in [0.05, 0.1) is 24.1 Å². The van der Waals surface area contributed by atoms with Crippen LogP contribution < -0.4 is 10.2 Å². The summed E-state index contributed by atoms with van der Waals surface area (Å²) >= 11 is 0. The molecule has 0 radical (unpaired) electrons. The van der Waals surface area contributed by atoms with Gasteiger partial charge in [0.1, 0.15) is 17.7 Å². The Bertz CT molecular complexity index is 1060. The summed E-state index contributed by atoms with van der Waals surface area (Å²) in [7, 11) is 1.87. The van der Waals surface area contributed by atoms with E-state index in [1.54, 1.807) is 37.5 Å². The van der Waals surface area contributed by atoms with Crippen molar-refractivity contribution < 1.29 is 14.0 Å². The third-order valence-electron chi connectivity index (χ3n) is 6.11. The lowest BCUT2D eigenvalue weighted by Crippen LogP contribution is -2.55. The first-order chi connectivity index (χ1) is 14.5. The summed E-state index contributed by atoms with van der Waals surface area (Å²) in [4.78, 5) is 15.0. The maximum Gasteiger partial charge on any atom is 0.223 e. The van der Waals surface area contributed by atoms with Gasteiger partial charge in [-0.3, -0.25) is 4.98 Å². The number of halogens is 1. The van der Waals surface area contributed by atoms with Crippen LogP contribution in [-0.4, -0.2) is 56.6 Å². The van der Waals surface area contributed by atoms with Crippen LogP contribution in [0.1, 0.15) is 25.2 Å². The minimum Gasteiger partial charge on any atom is -0.507 e. The number of fused-ring (bicyclic) bond motifs is 2. The molecule has 2 bridgehead atoms. The van der Waals surface area contributed by atoms with E-state index in [1.807, 2.05) is 11.9 Å². The van der Waals surface area contributed by atoms with Gasteiger partial charge in [-0.25, -0.2) is 9.37 Å². The van der Waals surface area contributed by atoms with Gasteiger partial charge in [0.25, 0.3) is 0 Å². The van der Waals surface area contributed by atoms with Crippen LogP contribution in [0.5, 0.6) is 5.75 Å². The smallest absolute Gasteiger partial charge is 0.223 e. The van der Waals surface area contributed by atoms with Crippen molar-refractivity contribution in [2.45, 2.75) is 50.5 Å². The van der Waals surface area contributed by atoms with Crippen LogP contribution in [0.2, 0.25) is 0 Å². The predicted octanol–water partition coefficient (Wildman–Crippen LogP) is 2.87. The van der Waals surface area contributed by atoms with Gasteiger partial charge in [0.2, 0.25) is 11.7 Å². The molecule has 2 saturated heterocycles. The molecule has 2 aliphatic rings. The first-order valence-corrected chi connectivity index (χ1v) is 10.1. The minimum absolute atomic E-state index is 0.0455. The van der Waals surface area contributed by atoms with Crippen molar-refractivity contribution in [1.29, 1.82) is 0 Å². The molecule has 0 unspecified atom stereocenters. The van der Waals surface area contributed by atoms with E-state index in [2.05, 4.69) is 25.4 Å². The number of phenols is 1. The van der Waals surface area contributed by atoms with E-state index in [0.29, 0.717) is 40.4 Å². The lowest BCUT2D eigenvalue weighted by atomic mass is 9.96. The molecule has 2 fully saturated rings. The molecule has 1 aromatic carbocycles. The molecular formula is C21H23FN6O2. The highest BCUT2D eigenvalue weighted by Crippen LogP contribution is 2.34. The van der Waals surface area contributed by atoms with Gasteiger partial charge < -0.3 is 19.8 Å². The Kier molecular flexibility index (Phi) is 4.62. The molecule has 4 atom stereocenters. The average molecular weight is 410 g/mol. The van der Waals surface area contributed by atoms with Crippen LogP contribution in [0, 0.1) is 6.92 Å². The second kappa shape index (κ2) is 7.32. The SMILES string of the molecule is Cc1nc(-c2ccc(-c3cnc(N(C)[C@H]4C[C@@H]5CC[C@@H](N5)[C@H]4F)cn3)c(O)c2)no1. The fourth-order valence-corrected chi connectivity index (χ4v) is 4.46. The Morgan fingerprint density at radius 2 is 2.10 bits per heavy atom. The van der Waals surface area contributed by atoms with Gasteiger partial charge in [0.15, 0.2) is 0 Å². The number of hydrogen-bond acceptors (Lipinski definition) is 8. The topological polar surface area (TPSA) is 100 Å². The van der Waals surface area contributed by atoms with E-state index < -0.39 is 6.17 Å². The van der Waals surface area contributed by atoms with Crippen LogP contribution in [0.4, 0.5) is 10.2 Å². The van der Waals surface area contributed by atoms with Crippen molar-refractivity contribution in [3.8, 4) is 28.4 Å². The summed E-state index contributed by atoms with van der Waals surface area (Å²) in [5.41, 5.74) is 1.72. The number of benzene rings is 1. The van der Waals surface area contributed by atoms with Gasteiger partial charge in [-0.1, -0.05) is 11.2 Å². The van der Waals surface area contributed by atoms with Crippen molar-refractivity contribution in [2.24, 2.45) is 0 Å². The van der Waals surface area contributed by atoms with Crippen LogP contribution in [-0.2, 0) is 0 Å². The van der Waals surface area contributed by atoms with Crippen LogP contribution >= 0.6 is 0 Å². The number of hydrogen-bond donors (Lipinski definition) is 2. The number of alkyl halides is 1. The zero-order valence-electron chi connectivity index (χ0n) is 16.8. The number of phenolic OH excluding ortho intramolecular Hbond substituents is 1. The van der Waals surface area contributed by atoms with Crippen molar-refractivity contribution >= 4 is 5.82 Å². The summed E-state index contributed by atoms with van der Waals surface area (Å²) in [6.45, 7) is 1.71. The Balaban J connectivity index is 1.36. The van der Waals surface area contributed by atoms with Crippen molar-refractivity contribution in [3.63, 3.8) is 0 Å². The normalized spacial score (nSPS) is 25.4. The number of anilines is 1. The van der Waals surface area contributed by atoms with Crippen molar-refractivity contribution in [2.75, 3.05) is 11.9 Å². The van der Waals surface area contributed by atoms with E-state index in [9.17, 15) is 9.50 Å². The zero-order valence-corrected chi connectivity index (χ0v) is 16.8. The maximum atomic E-state index is 14.8. The Morgan fingerprint density at radius 1 is 1.23 bits per heavy atom. The summed E-state index contributed by atoms with van der Waals surface area (Å²) < 4.78 is 19.8. The molecular weight excluding hydrogens is 387 g/mol. The Hall–Kier alpha value is -3.07. The van der Waals surface area contributed by atoms with E-state index in [0.717, 1.165) is 19.3 Å². The number of rotatable bonds is 4. The zero-order chi connectivity index (χ0) is 20.8. The Morgan fingerprint density at radius 3 is 2.80 bits per heavy atom. The van der Waals surface area contributed by atoms with Crippen molar-refractivity contribution in [3.05, 3.63) is 36.5 Å². The monoisotopic (exact) mass is 410 g/mol. The molecule has 0 amide bonds. The fourth-order valence-electron chi connectivity index (χ4n) is 4.46. The number of nitrogens with one attached hydrogen (secondary N) is 1. The quantitative estimate of drug-likeness (QED) is 0.677. The van der Waals surface area contributed by atoms with E-state index in [4.69, 9.17) is 4.52 Å². The van der Waals surface area contributed by atoms with Crippen LogP contribution in [0.25, 0.3) is 22.6 Å².